The van der Waals surface area contributed by atoms with Gasteiger partial charge in [-0.05, 0) is 24.3 Å². The molecule has 0 aromatic heterocycles. The van der Waals surface area contributed by atoms with Crippen molar-refractivity contribution in [2.75, 3.05) is 12.8 Å². The van der Waals surface area contributed by atoms with Crippen molar-refractivity contribution in [1.82, 2.24) is 5.32 Å². The maximum atomic E-state index is 11.6. The molecular weight excluding hydrogens is 218 g/mol. The summed E-state index contributed by atoms with van der Waals surface area (Å²) in [6.45, 7) is 2.91. The van der Waals surface area contributed by atoms with Crippen molar-refractivity contribution in [3.8, 4) is 0 Å². The first-order chi connectivity index (χ1) is 7.77. The van der Waals surface area contributed by atoms with Crippen LogP contribution in [0.15, 0.2) is 29.2 Å². The molecule has 3 heteroatoms. The minimum absolute atomic E-state index is 0.120. The quantitative estimate of drug-likeness (QED) is 0.609. The van der Waals surface area contributed by atoms with Gasteiger partial charge in [-0.25, -0.2) is 0 Å². The van der Waals surface area contributed by atoms with Gasteiger partial charge in [0.25, 0.3) is 0 Å². The number of unbranched alkanes of at least 4 members (excludes halogenated alkanes) is 1. The van der Waals surface area contributed by atoms with Gasteiger partial charge in [0.2, 0.25) is 5.91 Å². The summed E-state index contributed by atoms with van der Waals surface area (Å²) in [7, 11) is 0. The lowest BCUT2D eigenvalue weighted by Gasteiger charge is -2.07. The van der Waals surface area contributed by atoms with E-state index in [-0.39, 0.29) is 5.91 Å². The molecule has 1 amide bonds. The number of nitrogens with one attached hydrogen (secondary N) is 1. The maximum absolute atomic E-state index is 11.6. The van der Waals surface area contributed by atoms with Crippen LogP contribution in [0.3, 0.4) is 0 Å². The summed E-state index contributed by atoms with van der Waals surface area (Å²) >= 11 is 1.69. The largest absolute Gasteiger partial charge is 0.356 e. The van der Waals surface area contributed by atoms with E-state index in [0.29, 0.717) is 6.42 Å². The molecule has 0 aliphatic rings. The number of carbonyl (C=O) groups excluding carboxylic acids is 1. The van der Waals surface area contributed by atoms with Crippen LogP contribution in [0, 0.1) is 0 Å². The van der Waals surface area contributed by atoms with Crippen molar-refractivity contribution in [2.45, 2.75) is 31.1 Å². The predicted octanol–water partition coefficient (Wildman–Crippen LogP) is 2.87. The van der Waals surface area contributed by atoms with Gasteiger partial charge < -0.3 is 5.32 Å². The molecule has 0 saturated carbocycles. The van der Waals surface area contributed by atoms with Crippen LogP contribution in [-0.4, -0.2) is 18.7 Å². The number of benzene rings is 1. The Morgan fingerprint density at radius 2 is 2.12 bits per heavy atom. The molecule has 1 aromatic rings. The Kier molecular flexibility index (Phi) is 6.01. The van der Waals surface area contributed by atoms with Crippen molar-refractivity contribution in [3.05, 3.63) is 29.8 Å². The second-order valence-corrected chi connectivity index (χ2v) is 4.54. The number of hydrogen-bond acceptors (Lipinski definition) is 2. The highest BCUT2D eigenvalue weighted by Gasteiger charge is 2.06. The van der Waals surface area contributed by atoms with Crippen LogP contribution < -0.4 is 5.32 Å². The first kappa shape index (κ1) is 13.1. The lowest BCUT2D eigenvalue weighted by atomic mass is 10.1. The lowest BCUT2D eigenvalue weighted by molar-refractivity contribution is -0.120. The highest BCUT2D eigenvalue weighted by molar-refractivity contribution is 7.98. The van der Waals surface area contributed by atoms with E-state index in [0.717, 1.165) is 24.9 Å². The molecule has 1 N–H and O–H groups in total. The van der Waals surface area contributed by atoms with E-state index in [4.69, 9.17) is 0 Å². The molecule has 0 radical (unpaired) electrons. The highest BCUT2D eigenvalue weighted by Crippen LogP contribution is 2.19. The van der Waals surface area contributed by atoms with Gasteiger partial charge in [-0.1, -0.05) is 31.5 Å². The molecule has 0 atom stereocenters. The average molecular weight is 237 g/mol. The van der Waals surface area contributed by atoms with E-state index < -0.39 is 0 Å². The predicted molar refractivity (Wildman–Crippen MR) is 69.8 cm³/mol. The molecule has 0 heterocycles. The van der Waals surface area contributed by atoms with Crippen LogP contribution in [0.2, 0.25) is 0 Å². The van der Waals surface area contributed by atoms with Crippen LogP contribution in [-0.2, 0) is 11.2 Å². The van der Waals surface area contributed by atoms with Crippen LogP contribution in [0.1, 0.15) is 25.3 Å². The van der Waals surface area contributed by atoms with E-state index in [1.54, 1.807) is 11.8 Å². The number of hydrogen-bond donors (Lipinski definition) is 1. The fourth-order valence-corrected chi connectivity index (χ4v) is 2.11. The minimum atomic E-state index is 0.120. The number of rotatable bonds is 6. The summed E-state index contributed by atoms with van der Waals surface area (Å²) in [6, 6.07) is 8.06. The second kappa shape index (κ2) is 7.34. The zero-order chi connectivity index (χ0) is 11.8. The first-order valence-electron chi connectivity index (χ1n) is 5.66. The van der Waals surface area contributed by atoms with Gasteiger partial charge in [-0.2, -0.15) is 0 Å². The molecule has 16 heavy (non-hydrogen) atoms. The Labute approximate surface area is 102 Å². The summed E-state index contributed by atoms with van der Waals surface area (Å²) in [5, 5.41) is 2.94. The molecule has 2 nitrogen and oxygen atoms in total. The molecule has 0 saturated heterocycles. The van der Waals surface area contributed by atoms with E-state index in [9.17, 15) is 4.79 Å². The molecule has 0 bridgehead atoms. The van der Waals surface area contributed by atoms with Crippen molar-refractivity contribution in [3.63, 3.8) is 0 Å². The van der Waals surface area contributed by atoms with Gasteiger partial charge >= 0.3 is 0 Å². The summed E-state index contributed by atoms with van der Waals surface area (Å²) < 4.78 is 0. The summed E-state index contributed by atoms with van der Waals surface area (Å²) in [6.07, 6.45) is 4.69. The third-order valence-electron chi connectivity index (χ3n) is 2.40. The topological polar surface area (TPSA) is 29.1 Å². The van der Waals surface area contributed by atoms with E-state index in [2.05, 4.69) is 18.3 Å². The molecule has 0 spiro atoms. The normalized spacial score (nSPS) is 10.1. The number of carbonyl (C=O) groups is 1. The van der Waals surface area contributed by atoms with Gasteiger partial charge in [0, 0.05) is 11.4 Å². The monoisotopic (exact) mass is 237 g/mol. The average Bonchev–Trinajstić information content (AvgIpc) is 2.30. The Morgan fingerprint density at radius 3 is 2.81 bits per heavy atom. The Morgan fingerprint density at radius 1 is 1.38 bits per heavy atom. The van der Waals surface area contributed by atoms with Crippen molar-refractivity contribution in [1.29, 1.82) is 0 Å². The third-order valence-corrected chi connectivity index (χ3v) is 3.23. The van der Waals surface area contributed by atoms with Gasteiger partial charge in [-0.3, -0.25) is 4.79 Å². The fraction of sp³-hybridized carbons (Fsp3) is 0.462. The zero-order valence-corrected chi connectivity index (χ0v) is 10.8. The Balaban J connectivity index is 2.49. The fourth-order valence-electron chi connectivity index (χ4n) is 1.49. The Hall–Kier alpha value is -0.960. The molecule has 88 valence electrons. The smallest absolute Gasteiger partial charge is 0.224 e. The van der Waals surface area contributed by atoms with Crippen LogP contribution >= 0.6 is 11.8 Å². The summed E-state index contributed by atoms with van der Waals surface area (Å²) in [5.41, 5.74) is 1.11. The second-order valence-electron chi connectivity index (χ2n) is 3.69. The van der Waals surface area contributed by atoms with Crippen LogP contribution in [0.4, 0.5) is 0 Å². The van der Waals surface area contributed by atoms with Crippen molar-refractivity contribution < 1.29 is 4.79 Å². The zero-order valence-electron chi connectivity index (χ0n) is 9.95. The van der Waals surface area contributed by atoms with E-state index >= 15 is 0 Å². The molecule has 0 fully saturated rings. The molecule has 1 aromatic carbocycles. The minimum Gasteiger partial charge on any atom is -0.356 e. The molecule has 0 aliphatic carbocycles. The van der Waals surface area contributed by atoms with Gasteiger partial charge in [0.15, 0.2) is 0 Å². The maximum Gasteiger partial charge on any atom is 0.224 e. The lowest BCUT2D eigenvalue weighted by Crippen LogP contribution is -2.26. The van der Waals surface area contributed by atoms with Gasteiger partial charge in [0.1, 0.15) is 0 Å². The van der Waals surface area contributed by atoms with E-state index in [1.807, 2.05) is 24.5 Å². The SMILES string of the molecule is CCCCNC(=O)Cc1ccccc1SC. The molecule has 1 rings (SSSR count). The standard InChI is InChI=1S/C13H19NOS/c1-3-4-9-14-13(15)10-11-7-5-6-8-12(11)16-2/h5-8H,3-4,9-10H2,1-2H3,(H,14,15). The van der Waals surface area contributed by atoms with E-state index in [1.165, 1.54) is 4.90 Å². The van der Waals surface area contributed by atoms with Crippen molar-refractivity contribution in [2.24, 2.45) is 0 Å². The number of thioether (sulfide) groups is 1. The van der Waals surface area contributed by atoms with Crippen LogP contribution in [0.5, 0.6) is 0 Å². The third kappa shape index (κ3) is 4.27. The van der Waals surface area contributed by atoms with Crippen molar-refractivity contribution >= 4 is 17.7 Å². The molecule has 0 unspecified atom stereocenters. The summed E-state index contributed by atoms with van der Waals surface area (Å²) in [5.74, 6) is 0.120. The highest BCUT2D eigenvalue weighted by atomic mass is 32.2. The first-order valence-corrected chi connectivity index (χ1v) is 6.89. The van der Waals surface area contributed by atoms with Gasteiger partial charge in [-0.15, -0.1) is 11.8 Å². The van der Waals surface area contributed by atoms with Crippen LogP contribution in [0.25, 0.3) is 0 Å². The molecule has 0 aliphatic heterocycles. The Bertz CT molecular complexity index is 338. The molecular formula is C13H19NOS. The number of amides is 1. The summed E-state index contributed by atoms with van der Waals surface area (Å²) in [4.78, 5) is 12.8. The van der Waals surface area contributed by atoms with Gasteiger partial charge in [0.05, 0.1) is 6.42 Å².